The molecule has 2 heterocycles. The highest BCUT2D eigenvalue weighted by Gasteiger charge is 2.15. The van der Waals surface area contributed by atoms with Crippen molar-refractivity contribution in [3.05, 3.63) is 51.8 Å². The third-order valence-electron chi connectivity index (χ3n) is 3.71. The Hall–Kier alpha value is -2.22. The molecule has 0 unspecified atom stereocenters. The molecule has 0 saturated carbocycles. The standard InChI is InChI=1S/C17H18ClN3O4/c18-13-3-1-12(2-4-13)15-5-6-17(23)21(20-15)10-16(22)19-9-14-11-24-7-8-25-14/h1-6,14H,7-11H2,(H,19,22)/t14-/m0/s1. The summed E-state index contributed by atoms with van der Waals surface area (Å²) in [4.78, 5) is 24.0. The number of nitrogens with zero attached hydrogens (tertiary/aromatic N) is 2. The van der Waals surface area contributed by atoms with Gasteiger partial charge in [-0.3, -0.25) is 9.59 Å². The smallest absolute Gasteiger partial charge is 0.267 e. The zero-order chi connectivity index (χ0) is 17.6. The molecule has 3 rings (SSSR count). The molecule has 0 radical (unpaired) electrons. The van der Waals surface area contributed by atoms with E-state index in [0.717, 1.165) is 10.2 Å². The third-order valence-corrected chi connectivity index (χ3v) is 3.96. The quantitative estimate of drug-likeness (QED) is 0.860. The molecule has 1 atom stereocenters. The monoisotopic (exact) mass is 363 g/mol. The summed E-state index contributed by atoms with van der Waals surface area (Å²) in [5.41, 5.74) is 1.06. The maximum atomic E-state index is 12.1. The van der Waals surface area contributed by atoms with Crippen LogP contribution in [0.3, 0.4) is 0 Å². The summed E-state index contributed by atoms with van der Waals surface area (Å²) in [6.45, 7) is 1.72. The number of hydrogen-bond acceptors (Lipinski definition) is 5. The van der Waals surface area contributed by atoms with E-state index in [9.17, 15) is 9.59 Å². The third kappa shape index (κ3) is 4.88. The topological polar surface area (TPSA) is 82.5 Å². The molecule has 1 N–H and O–H groups in total. The van der Waals surface area contributed by atoms with Crippen molar-refractivity contribution in [1.82, 2.24) is 15.1 Å². The first-order valence-electron chi connectivity index (χ1n) is 7.92. The van der Waals surface area contributed by atoms with Crippen LogP contribution in [0, 0.1) is 0 Å². The van der Waals surface area contributed by atoms with E-state index >= 15 is 0 Å². The van der Waals surface area contributed by atoms with Gasteiger partial charge in [0.1, 0.15) is 6.54 Å². The molecule has 7 nitrogen and oxygen atoms in total. The van der Waals surface area contributed by atoms with Crippen molar-refractivity contribution in [3.63, 3.8) is 0 Å². The van der Waals surface area contributed by atoms with Crippen LogP contribution in [0.15, 0.2) is 41.2 Å². The van der Waals surface area contributed by atoms with E-state index in [2.05, 4.69) is 10.4 Å². The number of hydrogen-bond donors (Lipinski definition) is 1. The molecule has 1 amide bonds. The number of benzene rings is 1. The van der Waals surface area contributed by atoms with Crippen molar-refractivity contribution in [2.45, 2.75) is 12.6 Å². The van der Waals surface area contributed by atoms with E-state index in [1.807, 2.05) is 0 Å². The summed E-state index contributed by atoms with van der Waals surface area (Å²) in [6.07, 6.45) is -0.164. The number of halogens is 1. The molecule has 1 aromatic carbocycles. The van der Waals surface area contributed by atoms with Crippen LogP contribution in [0.25, 0.3) is 11.3 Å². The number of rotatable bonds is 5. The van der Waals surface area contributed by atoms with Crippen molar-refractivity contribution in [3.8, 4) is 11.3 Å². The Labute approximate surface area is 149 Å². The fourth-order valence-electron chi connectivity index (χ4n) is 2.41. The number of ether oxygens (including phenoxy) is 2. The predicted octanol–water partition coefficient (Wildman–Crippen LogP) is 1.10. The second kappa shape index (κ2) is 8.24. The van der Waals surface area contributed by atoms with Gasteiger partial charge in [-0.05, 0) is 18.2 Å². The van der Waals surface area contributed by atoms with Crippen LogP contribution in [0.5, 0.6) is 0 Å². The first-order chi connectivity index (χ1) is 12.1. The van der Waals surface area contributed by atoms with Crippen molar-refractivity contribution in [2.24, 2.45) is 0 Å². The number of aromatic nitrogens is 2. The zero-order valence-corrected chi connectivity index (χ0v) is 14.2. The van der Waals surface area contributed by atoms with Crippen LogP contribution in [-0.4, -0.2) is 48.2 Å². The average Bonchev–Trinajstić information content (AvgIpc) is 2.63. The minimum absolute atomic E-state index is 0.159. The lowest BCUT2D eigenvalue weighted by atomic mass is 10.1. The largest absolute Gasteiger partial charge is 0.376 e. The van der Waals surface area contributed by atoms with Gasteiger partial charge in [0.2, 0.25) is 5.91 Å². The van der Waals surface area contributed by atoms with Gasteiger partial charge in [0.15, 0.2) is 0 Å². The van der Waals surface area contributed by atoms with E-state index in [1.54, 1.807) is 30.3 Å². The van der Waals surface area contributed by atoms with Gasteiger partial charge in [0.05, 0.1) is 31.6 Å². The van der Waals surface area contributed by atoms with E-state index < -0.39 is 0 Å². The van der Waals surface area contributed by atoms with Crippen LogP contribution in [-0.2, 0) is 20.8 Å². The van der Waals surface area contributed by atoms with Gasteiger partial charge in [0.25, 0.3) is 5.56 Å². The van der Waals surface area contributed by atoms with E-state index in [0.29, 0.717) is 37.1 Å². The fraction of sp³-hybridized carbons (Fsp3) is 0.353. The minimum atomic E-state index is -0.342. The lowest BCUT2D eigenvalue weighted by molar-refractivity contribution is -0.124. The molecule has 8 heteroatoms. The highest BCUT2D eigenvalue weighted by atomic mass is 35.5. The van der Waals surface area contributed by atoms with Gasteiger partial charge in [0, 0.05) is 23.2 Å². The van der Waals surface area contributed by atoms with Crippen LogP contribution < -0.4 is 10.9 Å². The highest BCUT2D eigenvalue weighted by Crippen LogP contribution is 2.18. The summed E-state index contributed by atoms with van der Waals surface area (Å²) in [5, 5.41) is 7.60. The van der Waals surface area contributed by atoms with E-state index in [1.165, 1.54) is 6.07 Å². The summed E-state index contributed by atoms with van der Waals surface area (Å²) in [6, 6.07) is 10.1. The summed E-state index contributed by atoms with van der Waals surface area (Å²) in [7, 11) is 0. The normalized spacial score (nSPS) is 17.2. The van der Waals surface area contributed by atoms with Crippen molar-refractivity contribution in [2.75, 3.05) is 26.4 Å². The maximum Gasteiger partial charge on any atom is 0.267 e. The Morgan fingerprint density at radius 1 is 1.24 bits per heavy atom. The molecule has 2 aromatic rings. The van der Waals surface area contributed by atoms with Crippen LogP contribution in [0.4, 0.5) is 0 Å². The lowest BCUT2D eigenvalue weighted by Crippen LogP contribution is -2.41. The Kier molecular flexibility index (Phi) is 5.80. The SMILES string of the molecule is O=C(Cn1nc(-c2ccc(Cl)cc2)ccc1=O)NC[C@H]1COCCO1. The zero-order valence-electron chi connectivity index (χ0n) is 13.5. The van der Waals surface area contributed by atoms with Gasteiger partial charge in [-0.1, -0.05) is 23.7 Å². The summed E-state index contributed by atoms with van der Waals surface area (Å²) < 4.78 is 11.9. The molecular formula is C17H18ClN3O4. The molecule has 25 heavy (non-hydrogen) atoms. The molecule has 0 aliphatic carbocycles. The average molecular weight is 364 g/mol. The molecule has 1 saturated heterocycles. The minimum Gasteiger partial charge on any atom is -0.376 e. The van der Waals surface area contributed by atoms with Crippen molar-refractivity contribution < 1.29 is 14.3 Å². The Morgan fingerprint density at radius 3 is 2.76 bits per heavy atom. The molecule has 0 bridgehead atoms. The Balaban J connectivity index is 1.65. The van der Waals surface area contributed by atoms with Crippen molar-refractivity contribution in [1.29, 1.82) is 0 Å². The summed E-state index contributed by atoms with van der Waals surface area (Å²) >= 11 is 5.88. The maximum absolute atomic E-state index is 12.1. The second-order valence-electron chi connectivity index (χ2n) is 5.59. The number of carbonyl (C=O) groups excluding carboxylic acids is 1. The van der Waals surface area contributed by atoms with Crippen molar-refractivity contribution >= 4 is 17.5 Å². The summed E-state index contributed by atoms with van der Waals surface area (Å²) in [5.74, 6) is -0.308. The predicted molar refractivity (Wildman–Crippen MR) is 92.5 cm³/mol. The molecular weight excluding hydrogens is 346 g/mol. The molecule has 1 fully saturated rings. The first-order valence-corrected chi connectivity index (χ1v) is 8.30. The highest BCUT2D eigenvalue weighted by molar-refractivity contribution is 6.30. The fourth-order valence-corrected chi connectivity index (χ4v) is 2.54. The van der Waals surface area contributed by atoms with Gasteiger partial charge in [-0.15, -0.1) is 0 Å². The van der Waals surface area contributed by atoms with Gasteiger partial charge >= 0.3 is 0 Å². The Bertz CT molecular complexity index is 785. The number of amides is 1. The van der Waals surface area contributed by atoms with Gasteiger partial charge in [-0.25, -0.2) is 4.68 Å². The van der Waals surface area contributed by atoms with Gasteiger partial charge < -0.3 is 14.8 Å². The first kappa shape index (κ1) is 17.6. The molecule has 132 valence electrons. The molecule has 1 aliphatic heterocycles. The van der Waals surface area contributed by atoms with Crippen LogP contribution in [0.2, 0.25) is 5.02 Å². The molecule has 1 aliphatic rings. The van der Waals surface area contributed by atoms with E-state index in [4.69, 9.17) is 21.1 Å². The Morgan fingerprint density at radius 2 is 2.04 bits per heavy atom. The van der Waals surface area contributed by atoms with Crippen LogP contribution >= 0.6 is 11.6 Å². The molecule has 1 aromatic heterocycles. The van der Waals surface area contributed by atoms with Crippen LogP contribution in [0.1, 0.15) is 0 Å². The second-order valence-corrected chi connectivity index (χ2v) is 6.03. The van der Waals surface area contributed by atoms with Gasteiger partial charge in [-0.2, -0.15) is 5.10 Å². The molecule has 0 spiro atoms. The number of carbonyl (C=O) groups is 1. The lowest BCUT2D eigenvalue weighted by Gasteiger charge is -2.23. The van der Waals surface area contributed by atoms with E-state index in [-0.39, 0.29) is 24.1 Å². The number of nitrogens with one attached hydrogen (secondary N) is 1.